The van der Waals surface area contributed by atoms with E-state index in [1.165, 1.54) is 5.56 Å². The first-order valence-electron chi connectivity index (χ1n) is 11.4. The van der Waals surface area contributed by atoms with Crippen molar-refractivity contribution in [2.24, 2.45) is 0 Å². The average molecular weight is 448 g/mol. The second-order valence-electron chi connectivity index (χ2n) is 8.14. The van der Waals surface area contributed by atoms with Crippen molar-refractivity contribution in [3.8, 4) is 17.2 Å². The van der Waals surface area contributed by atoms with Crippen LogP contribution >= 0.6 is 0 Å². The number of carbonyl (C=O) groups is 2. The second kappa shape index (κ2) is 10.3. The van der Waals surface area contributed by atoms with Crippen molar-refractivity contribution in [1.29, 1.82) is 0 Å². The van der Waals surface area contributed by atoms with Gasteiger partial charge in [-0.3, -0.25) is 9.59 Å². The Morgan fingerprint density at radius 2 is 1.97 bits per heavy atom. The van der Waals surface area contributed by atoms with Gasteiger partial charge in [0.1, 0.15) is 18.1 Å². The predicted molar refractivity (Wildman–Crippen MR) is 125 cm³/mol. The highest BCUT2D eigenvalue weighted by Crippen LogP contribution is 2.25. The van der Waals surface area contributed by atoms with Gasteiger partial charge in [-0.2, -0.15) is 0 Å². The largest absolute Gasteiger partial charge is 0.493 e. The van der Waals surface area contributed by atoms with Crippen molar-refractivity contribution >= 4 is 11.8 Å². The van der Waals surface area contributed by atoms with Crippen LogP contribution in [-0.4, -0.2) is 47.4 Å². The number of carbonyl (C=O) groups excluding carboxylic acids is 2. The van der Waals surface area contributed by atoms with E-state index in [9.17, 15) is 9.59 Å². The summed E-state index contributed by atoms with van der Waals surface area (Å²) in [6.07, 6.45) is 3.62. The number of hydrogen-bond acceptors (Lipinski definition) is 5. The quantitative estimate of drug-likeness (QED) is 0.564. The summed E-state index contributed by atoms with van der Waals surface area (Å²) in [6, 6.07) is 14.7. The predicted octanol–water partition coefficient (Wildman–Crippen LogP) is 4.01. The summed E-state index contributed by atoms with van der Waals surface area (Å²) in [7, 11) is 0. The fourth-order valence-electron chi connectivity index (χ4n) is 4.04. The minimum atomic E-state index is -0.479. The Morgan fingerprint density at radius 3 is 2.76 bits per heavy atom. The third-order valence-corrected chi connectivity index (χ3v) is 5.76. The molecule has 2 heterocycles. The number of benzene rings is 2. The lowest BCUT2D eigenvalue weighted by molar-refractivity contribution is -0.124. The third kappa shape index (κ3) is 5.25. The minimum absolute atomic E-state index is 0.142. The summed E-state index contributed by atoms with van der Waals surface area (Å²) in [5.74, 6) is 0.802. The second-order valence-corrected chi connectivity index (χ2v) is 8.14. The standard InChI is InChI=1S/C26H29N3O4/c1-3-32-23-9-5-4-7-21(23)26(31)29-16-6-8-22(29)24(30)27-15-14-20-17-33-25(28-20)19-12-10-18(2)11-13-19/h4-5,7,9-13,17,22H,3,6,8,14-16H2,1-2H3,(H,27,30). The average Bonchev–Trinajstić information content (AvgIpc) is 3.50. The number of oxazole rings is 1. The molecule has 1 N–H and O–H groups in total. The number of amides is 2. The smallest absolute Gasteiger partial charge is 0.258 e. The maximum atomic E-state index is 13.2. The Labute approximate surface area is 193 Å². The number of ether oxygens (including phenoxy) is 1. The summed E-state index contributed by atoms with van der Waals surface area (Å²) in [5.41, 5.74) is 3.36. The summed E-state index contributed by atoms with van der Waals surface area (Å²) in [5, 5.41) is 2.96. The van der Waals surface area contributed by atoms with Crippen LogP contribution in [0.2, 0.25) is 0 Å². The molecule has 172 valence electrons. The number of aromatic nitrogens is 1. The van der Waals surface area contributed by atoms with Crippen LogP contribution in [-0.2, 0) is 11.2 Å². The van der Waals surface area contributed by atoms with Crippen molar-refractivity contribution in [2.45, 2.75) is 39.2 Å². The van der Waals surface area contributed by atoms with Gasteiger partial charge in [-0.25, -0.2) is 4.98 Å². The number of para-hydroxylation sites is 1. The van der Waals surface area contributed by atoms with Crippen LogP contribution in [0.25, 0.3) is 11.5 Å². The fourth-order valence-corrected chi connectivity index (χ4v) is 4.04. The molecule has 4 rings (SSSR count). The SMILES string of the molecule is CCOc1ccccc1C(=O)N1CCCC1C(=O)NCCc1coc(-c2ccc(C)cc2)n1. The zero-order valence-corrected chi connectivity index (χ0v) is 19.0. The molecule has 0 bridgehead atoms. The van der Waals surface area contributed by atoms with Crippen LogP contribution in [0.4, 0.5) is 0 Å². The van der Waals surface area contributed by atoms with E-state index in [0.29, 0.717) is 49.7 Å². The van der Waals surface area contributed by atoms with Gasteiger partial charge in [0, 0.05) is 25.1 Å². The molecule has 1 saturated heterocycles. The zero-order valence-electron chi connectivity index (χ0n) is 19.0. The highest BCUT2D eigenvalue weighted by atomic mass is 16.5. The first kappa shape index (κ1) is 22.6. The first-order valence-corrected chi connectivity index (χ1v) is 11.4. The molecule has 1 unspecified atom stereocenters. The van der Waals surface area contributed by atoms with E-state index in [2.05, 4.69) is 10.3 Å². The Hall–Kier alpha value is -3.61. The fraction of sp³-hybridized carbons (Fsp3) is 0.346. The number of nitrogens with one attached hydrogen (secondary N) is 1. The summed E-state index contributed by atoms with van der Waals surface area (Å²) >= 11 is 0. The van der Waals surface area contributed by atoms with E-state index in [4.69, 9.17) is 9.15 Å². The molecule has 1 aliphatic heterocycles. The van der Waals surface area contributed by atoms with Crippen LogP contribution in [0.15, 0.2) is 59.2 Å². The lowest BCUT2D eigenvalue weighted by Gasteiger charge is -2.24. The van der Waals surface area contributed by atoms with Crippen LogP contribution in [0.1, 0.15) is 41.4 Å². The van der Waals surface area contributed by atoms with Gasteiger partial charge in [0.25, 0.3) is 5.91 Å². The lowest BCUT2D eigenvalue weighted by Crippen LogP contribution is -2.46. The molecular formula is C26H29N3O4. The molecule has 0 aliphatic carbocycles. The number of rotatable bonds is 8. The normalized spacial score (nSPS) is 15.5. The molecule has 2 amide bonds. The first-order chi connectivity index (χ1) is 16.1. The number of likely N-dealkylation sites (tertiary alicyclic amines) is 1. The number of aryl methyl sites for hydroxylation is 1. The van der Waals surface area contributed by atoms with Crippen molar-refractivity contribution in [3.63, 3.8) is 0 Å². The maximum absolute atomic E-state index is 13.2. The van der Waals surface area contributed by atoms with Gasteiger partial charge in [0.2, 0.25) is 11.8 Å². The minimum Gasteiger partial charge on any atom is -0.493 e. The van der Waals surface area contributed by atoms with Crippen molar-refractivity contribution < 1.29 is 18.7 Å². The summed E-state index contributed by atoms with van der Waals surface area (Å²) in [4.78, 5) is 32.2. The molecule has 1 aromatic heterocycles. The van der Waals surface area contributed by atoms with Gasteiger partial charge in [0.15, 0.2) is 0 Å². The molecule has 33 heavy (non-hydrogen) atoms. The van der Waals surface area contributed by atoms with E-state index >= 15 is 0 Å². The van der Waals surface area contributed by atoms with Crippen LogP contribution in [0.5, 0.6) is 5.75 Å². The van der Waals surface area contributed by atoms with Crippen molar-refractivity contribution in [2.75, 3.05) is 19.7 Å². The third-order valence-electron chi connectivity index (χ3n) is 5.76. The Kier molecular flexibility index (Phi) is 7.07. The van der Waals surface area contributed by atoms with Gasteiger partial charge in [0.05, 0.1) is 17.9 Å². The Morgan fingerprint density at radius 1 is 1.18 bits per heavy atom. The van der Waals surface area contributed by atoms with E-state index in [1.54, 1.807) is 23.3 Å². The Bertz CT molecular complexity index is 1110. The van der Waals surface area contributed by atoms with Gasteiger partial charge < -0.3 is 19.4 Å². The summed E-state index contributed by atoms with van der Waals surface area (Å²) in [6.45, 7) is 5.37. The molecule has 1 fully saturated rings. The molecular weight excluding hydrogens is 418 g/mol. The Balaban J connectivity index is 1.34. The van der Waals surface area contributed by atoms with E-state index in [1.807, 2.05) is 50.2 Å². The monoisotopic (exact) mass is 447 g/mol. The topological polar surface area (TPSA) is 84.7 Å². The van der Waals surface area contributed by atoms with Crippen molar-refractivity contribution in [3.05, 3.63) is 71.6 Å². The molecule has 0 saturated carbocycles. The molecule has 2 aromatic carbocycles. The molecule has 7 heteroatoms. The lowest BCUT2D eigenvalue weighted by atomic mass is 10.1. The molecule has 1 atom stereocenters. The van der Waals surface area contributed by atoms with Gasteiger partial charge in [-0.1, -0.05) is 29.8 Å². The van der Waals surface area contributed by atoms with Crippen LogP contribution < -0.4 is 10.1 Å². The zero-order chi connectivity index (χ0) is 23.2. The highest BCUT2D eigenvalue weighted by molar-refractivity contribution is 6.00. The van der Waals surface area contributed by atoms with Crippen LogP contribution in [0.3, 0.4) is 0 Å². The van der Waals surface area contributed by atoms with Gasteiger partial charge in [-0.05, 0) is 51.0 Å². The van der Waals surface area contributed by atoms with Gasteiger partial charge >= 0.3 is 0 Å². The molecule has 0 spiro atoms. The molecule has 0 radical (unpaired) electrons. The van der Waals surface area contributed by atoms with E-state index in [-0.39, 0.29) is 11.8 Å². The highest BCUT2D eigenvalue weighted by Gasteiger charge is 2.35. The van der Waals surface area contributed by atoms with E-state index in [0.717, 1.165) is 17.7 Å². The molecule has 3 aromatic rings. The van der Waals surface area contributed by atoms with E-state index < -0.39 is 6.04 Å². The summed E-state index contributed by atoms with van der Waals surface area (Å²) < 4.78 is 11.2. The molecule has 1 aliphatic rings. The number of hydrogen-bond donors (Lipinski definition) is 1. The number of nitrogens with zero attached hydrogens (tertiary/aromatic N) is 2. The molecule has 7 nitrogen and oxygen atoms in total. The van der Waals surface area contributed by atoms with Crippen molar-refractivity contribution in [1.82, 2.24) is 15.2 Å². The van der Waals surface area contributed by atoms with Gasteiger partial charge in [-0.15, -0.1) is 0 Å². The van der Waals surface area contributed by atoms with Crippen LogP contribution in [0, 0.1) is 6.92 Å². The maximum Gasteiger partial charge on any atom is 0.258 e.